The van der Waals surface area contributed by atoms with Crippen LogP contribution in [0.2, 0.25) is 0 Å². The topological polar surface area (TPSA) is 38.4 Å². The van der Waals surface area contributed by atoms with Crippen molar-refractivity contribution in [1.29, 1.82) is 0 Å². The molecule has 0 saturated heterocycles. The molecule has 98 valence electrons. The molecular formula is C16H24N2. The molecule has 1 saturated carbocycles. The first kappa shape index (κ1) is 13.1. The minimum absolute atomic E-state index is 0.222. The van der Waals surface area contributed by atoms with E-state index in [2.05, 4.69) is 26.0 Å². The fourth-order valence-corrected chi connectivity index (χ4v) is 2.64. The van der Waals surface area contributed by atoms with Gasteiger partial charge in [-0.1, -0.05) is 38.5 Å². The summed E-state index contributed by atoms with van der Waals surface area (Å²) in [6.07, 6.45) is 6.31. The number of para-hydroxylation sites is 1. The smallest absolute Gasteiger partial charge is 0.0791 e. The maximum atomic E-state index is 6.10. The molecule has 0 aromatic heterocycles. The van der Waals surface area contributed by atoms with Crippen LogP contribution in [-0.4, -0.2) is 5.71 Å². The molecule has 0 bridgehead atoms. The summed E-state index contributed by atoms with van der Waals surface area (Å²) >= 11 is 0. The highest BCUT2D eigenvalue weighted by Crippen LogP contribution is 2.31. The lowest BCUT2D eigenvalue weighted by Crippen LogP contribution is -2.12. The number of nitrogens with zero attached hydrogens (tertiary/aromatic N) is 1. The Morgan fingerprint density at radius 1 is 1.06 bits per heavy atom. The third-order valence-corrected chi connectivity index (χ3v) is 3.70. The predicted molar refractivity (Wildman–Crippen MR) is 79.0 cm³/mol. The number of rotatable bonds is 3. The number of nitrogen functional groups attached to an aromatic ring is 1. The van der Waals surface area contributed by atoms with Gasteiger partial charge in [0.25, 0.3) is 0 Å². The second-order valence-electron chi connectivity index (χ2n) is 5.57. The molecule has 0 amide bonds. The van der Waals surface area contributed by atoms with Crippen LogP contribution >= 0.6 is 0 Å². The predicted octanol–water partition coefficient (Wildman–Crippen LogP) is 4.37. The van der Waals surface area contributed by atoms with Gasteiger partial charge in [-0.25, -0.2) is 0 Å². The van der Waals surface area contributed by atoms with Crippen LogP contribution in [0.5, 0.6) is 0 Å². The third kappa shape index (κ3) is 3.12. The summed E-state index contributed by atoms with van der Waals surface area (Å²) < 4.78 is 0. The van der Waals surface area contributed by atoms with Gasteiger partial charge in [-0.2, -0.15) is 0 Å². The summed E-state index contributed by atoms with van der Waals surface area (Å²) in [5, 5.41) is 0. The van der Waals surface area contributed by atoms with Gasteiger partial charge >= 0.3 is 0 Å². The molecule has 0 radical (unpaired) electrons. The van der Waals surface area contributed by atoms with Crippen molar-refractivity contribution in [2.75, 3.05) is 5.73 Å². The fraction of sp³-hybridized carbons (Fsp3) is 0.562. The Bertz CT molecular complexity index is 413. The van der Waals surface area contributed by atoms with Crippen LogP contribution in [0.15, 0.2) is 29.3 Å². The largest absolute Gasteiger partial charge is 0.398 e. The highest BCUT2D eigenvalue weighted by atomic mass is 14.8. The first-order valence-electron chi connectivity index (χ1n) is 7.08. The van der Waals surface area contributed by atoms with E-state index in [-0.39, 0.29) is 6.04 Å². The lowest BCUT2D eigenvalue weighted by molar-refractivity contribution is 0.512. The molecule has 18 heavy (non-hydrogen) atoms. The minimum Gasteiger partial charge on any atom is -0.398 e. The fourth-order valence-electron chi connectivity index (χ4n) is 2.64. The Morgan fingerprint density at radius 2 is 1.72 bits per heavy atom. The van der Waals surface area contributed by atoms with Crippen LogP contribution in [-0.2, 0) is 0 Å². The number of nitrogens with two attached hydrogens (primary N) is 1. The van der Waals surface area contributed by atoms with Crippen molar-refractivity contribution in [2.24, 2.45) is 10.9 Å². The molecule has 2 heteroatoms. The summed E-state index contributed by atoms with van der Waals surface area (Å²) in [5.74, 6) is 0.490. The van der Waals surface area contributed by atoms with Crippen molar-refractivity contribution in [2.45, 2.75) is 52.0 Å². The molecule has 1 unspecified atom stereocenters. The van der Waals surface area contributed by atoms with E-state index in [1.165, 1.54) is 43.4 Å². The molecule has 0 aliphatic heterocycles. The van der Waals surface area contributed by atoms with E-state index in [0.717, 1.165) is 5.69 Å². The molecule has 1 fully saturated rings. The van der Waals surface area contributed by atoms with E-state index in [1.54, 1.807) is 0 Å². The Kier molecular flexibility index (Phi) is 4.40. The van der Waals surface area contributed by atoms with Crippen LogP contribution < -0.4 is 5.73 Å². The van der Waals surface area contributed by atoms with E-state index in [1.807, 2.05) is 12.1 Å². The van der Waals surface area contributed by atoms with Crippen LogP contribution in [0.4, 0.5) is 5.69 Å². The van der Waals surface area contributed by atoms with Gasteiger partial charge in [0, 0.05) is 11.4 Å². The second-order valence-corrected chi connectivity index (χ2v) is 5.57. The van der Waals surface area contributed by atoms with Gasteiger partial charge in [0.2, 0.25) is 0 Å². The van der Waals surface area contributed by atoms with Crippen molar-refractivity contribution >= 4 is 11.4 Å². The lowest BCUT2D eigenvalue weighted by Gasteiger charge is -2.22. The molecule has 0 heterocycles. The first-order valence-corrected chi connectivity index (χ1v) is 7.08. The standard InChI is InChI=1S/C16H24N2/c1-12(2)16(14-10-6-7-11-15(14)17)18-13-8-4-3-5-9-13/h6-7,10-12,16H,3-5,8-9,17H2,1-2H3. The first-order chi connectivity index (χ1) is 8.68. The van der Waals surface area contributed by atoms with Crippen molar-refractivity contribution in [3.8, 4) is 0 Å². The molecular weight excluding hydrogens is 220 g/mol. The normalized spacial score (nSPS) is 17.8. The van der Waals surface area contributed by atoms with Crippen LogP contribution in [0, 0.1) is 5.92 Å². The van der Waals surface area contributed by atoms with Gasteiger partial charge in [-0.3, -0.25) is 4.99 Å². The SMILES string of the molecule is CC(C)C(N=C1CCCCC1)c1ccccc1N. The van der Waals surface area contributed by atoms with Crippen molar-refractivity contribution in [3.05, 3.63) is 29.8 Å². The third-order valence-electron chi connectivity index (χ3n) is 3.70. The molecule has 1 aromatic rings. The average molecular weight is 244 g/mol. The number of aliphatic imine (C=N–C) groups is 1. The number of anilines is 1. The second kappa shape index (κ2) is 6.03. The molecule has 2 nitrogen and oxygen atoms in total. The zero-order chi connectivity index (χ0) is 13.0. The monoisotopic (exact) mass is 244 g/mol. The quantitative estimate of drug-likeness (QED) is 0.788. The molecule has 1 aromatic carbocycles. The Hall–Kier alpha value is -1.31. The van der Waals surface area contributed by atoms with E-state index >= 15 is 0 Å². The number of hydrogen-bond donors (Lipinski definition) is 1. The molecule has 1 aliphatic carbocycles. The molecule has 1 aliphatic rings. The minimum atomic E-state index is 0.222. The summed E-state index contributed by atoms with van der Waals surface area (Å²) in [5.41, 5.74) is 9.54. The van der Waals surface area contributed by atoms with Crippen LogP contribution in [0.1, 0.15) is 57.6 Å². The lowest BCUT2D eigenvalue weighted by atomic mass is 9.93. The van der Waals surface area contributed by atoms with E-state index < -0.39 is 0 Å². The van der Waals surface area contributed by atoms with Crippen LogP contribution in [0.3, 0.4) is 0 Å². The van der Waals surface area contributed by atoms with Crippen molar-refractivity contribution in [3.63, 3.8) is 0 Å². The van der Waals surface area contributed by atoms with E-state index in [4.69, 9.17) is 10.7 Å². The highest BCUT2D eigenvalue weighted by Gasteiger charge is 2.18. The van der Waals surface area contributed by atoms with Gasteiger partial charge in [0.05, 0.1) is 6.04 Å². The summed E-state index contributed by atoms with van der Waals surface area (Å²) in [6.45, 7) is 4.45. The van der Waals surface area contributed by atoms with Gasteiger partial charge in [-0.05, 0) is 43.2 Å². The number of benzene rings is 1. The maximum absolute atomic E-state index is 6.10. The molecule has 2 rings (SSSR count). The molecule has 2 N–H and O–H groups in total. The zero-order valence-electron chi connectivity index (χ0n) is 11.5. The number of hydrogen-bond acceptors (Lipinski definition) is 2. The van der Waals surface area contributed by atoms with E-state index in [9.17, 15) is 0 Å². The Morgan fingerprint density at radius 3 is 2.33 bits per heavy atom. The Labute approximate surface area is 110 Å². The summed E-state index contributed by atoms with van der Waals surface area (Å²) in [6, 6.07) is 8.37. The molecule has 1 atom stereocenters. The van der Waals surface area contributed by atoms with E-state index in [0.29, 0.717) is 5.92 Å². The summed E-state index contributed by atoms with van der Waals surface area (Å²) in [4.78, 5) is 5.00. The highest BCUT2D eigenvalue weighted by molar-refractivity contribution is 5.85. The van der Waals surface area contributed by atoms with Crippen molar-refractivity contribution < 1.29 is 0 Å². The maximum Gasteiger partial charge on any atom is 0.0791 e. The Balaban J connectivity index is 2.26. The summed E-state index contributed by atoms with van der Waals surface area (Å²) in [7, 11) is 0. The molecule has 0 spiro atoms. The van der Waals surface area contributed by atoms with Crippen LogP contribution in [0.25, 0.3) is 0 Å². The van der Waals surface area contributed by atoms with Gasteiger partial charge in [0.1, 0.15) is 0 Å². The average Bonchev–Trinajstić information content (AvgIpc) is 2.38. The van der Waals surface area contributed by atoms with Gasteiger partial charge in [0.15, 0.2) is 0 Å². The zero-order valence-corrected chi connectivity index (χ0v) is 11.5. The van der Waals surface area contributed by atoms with Gasteiger partial charge in [-0.15, -0.1) is 0 Å². The van der Waals surface area contributed by atoms with Crippen molar-refractivity contribution in [1.82, 2.24) is 0 Å². The van der Waals surface area contributed by atoms with Gasteiger partial charge < -0.3 is 5.73 Å².